The Hall–Kier alpha value is -1.88. The molecule has 0 saturated heterocycles. The number of rotatable bonds is 5. The van der Waals surface area contributed by atoms with E-state index in [1.54, 1.807) is 19.4 Å². The number of halogens is 3. The highest BCUT2D eigenvalue weighted by Crippen LogP contribution is 2.24. The van der Waals surface area contributed by atoms with Gasteiger partial charge in [0.25, 0.3) is 0 Å². The molecule has 1 unspecified atom stereocenters. The van der Waals surface area contributed by atoms with Gasteiger partial charge in [0.1, 0.15) is 0 Å². The molecular weight excluding hydrogens is 265 g/mol. The van der Waals surface area contributed by atoms with Crippen molar-refractivity contribution in [1.29, 1.82) is 0 Å². The SMILES string of the molecule is CNC(CCc1ccncc1)c1ccc(F)c(F)c1F. The second-order valence-corrected chi connectivity index (χ2v) is 4.50. The molecule has 0 radical (unpaired) electrons. The highest BCUT2D eigenvalue weighted by Gasteiger charge is 2.19. The molecule has 0 bridgehead atoms. The molecule has 1 heterocycles. The fourth-order valence-electron chi connectivity index (χ4n) is 2.13. The number of nitrogens with zero attached hydrogens (tertiary/aromatic N) is 1. The highest BCUT2D eigenvalue weighted by atomic mass is 19.2. The number of nitrogens with one attached hydrogen (secondary N) is 1. The van der Waals surface area contributed by atoms with Crippen LogP contribution in [0.4, 0.5) is 13.2 Å². The maximum Gasteiger partial charge on any atom is 0.194 e. The van der Waals surface area contributed by atoms with Gasteiger partial charge in [-0.15, -0.1) is 0 Å². The predicted molar refractivity (Wildman–Crippen MR) is 70.7 cm³/mol. The molecule has 0 spiro atoms. The zero-order valence-electron chi connectivity index (χ0n) is 11.0. The molecule has 1 aromatic heterocycles. The first-order valence-electron chi connectivity index (χ1n) is 6.33. The number of pyridine rings is 1. The standard InChI is InChI=1S/C15H15F3N2/c1-19-13(5-2-10-6-8-20-9-7-10)11-3-4-12(16)15(18)14(11)17/h3-4,6-9,13,19H,2,5H2,1H3. The Kier molecular flexibility index (Phi) is 4.74. The van der Waals surface area contributed by atoms with Crippen molar-refractivity contribution in [3.63, 3.8) is 0 Å². The quantitative estimate of drug-likeness (QED) is 0.849. The third-order valence-corrected chi connectivity index (χ3v) is 3.26. The Bertz CT molecular complexity index is 573. The van der Waals surface area contributed by atoms with Crippen LogP contribution in [0.15, 0.2) is 36.7 Å². The van der Waals surface area contributed by atoms with Crippen molar-refractivity contribution >= 4 is 0 Å². The van der Waals surface area contributed by atoms with E-state index >= 15 is 0 Å². The Morgan fingerprint density at radius 3 is 2.40 bits per heavy atom. The zero-order chi connectivity index (χ0) is 14.5. The van der Waals surface area contributed by atoms with Gasteiger partial charge in [0.2, 0.25) is 0 Å². The smallest absolute Gasteiger partial charge is 0.194 e. The normalized spacial score (nSPS) is 12.4. The lowest BCUT2D eigenvalue weighted by atomic mass is 9.99. The second kappa shape index (κ2) is 6.52. The summed E-state index contributed by atoms with van der Waals surface area (Å²) < 4.78 is 40.0. The highest BCUT2D eigenvalue weighted by molar-refractivity contribution is 5.24. The van der Waals surface area contributed by atoms with Crippen molar-refractivity contribution < 1.29 is 13.2 Å². The molecule has 2 rings (SSSR count). The van der Waals surface area contributed by atoms with E-state index in [9.17, 15) is 13.2 Å². The predicted octanol–water partition coefficient (Wildman–Crippen LogP) is 3.39. The summed E-state index contributed by atoms with van der Waals surface area (Å²) in [4.78, 5) is 3.92. The molecule has 1 N–H and O–H groups in total. The number of aromatic nitrogens is 1. The topological polar surface area (TPSA) is 24.9 Å². The molecular formula is C15H15F3N2. The van der Waals surface area contributed by atoms with Gasteiger partial charge in [-0.1, -0.05) is 6.07 Å². The Morgan fingerprint density at radius 2 is 1.75 bits per heavy atom. The third-order valence-electron chi connectivity index (χ3n) is 3.26. The van der Waals surface area contributed by atoms with Crippen LogP contribution in [-0.4, -0.2) is 12.0 Å². The Labute approximate surface area is 115 Å². The number of aryl methyl sites for hydroxylation is 1. The number of hydrogen-bond acceptors (Lipinski definition) is 2. The molecule has 20 heavy (non-hydrogen) atoms. The number of benzene rings is 1. The first-order valence-corrected chi connectivity index (χ1v) is 6.33. The van der Waals surface area contributed by atoms with Crippen LogP contribution < -0.4 is 5.32 Å². The Morgan fingerprint density at radius 1 is 1.05 bits per heavy atom. The van der Waals surface area contributed by atoms with E-state index in [1.165, 1.54) is 6.07 Å². The summed E-state index contributed by atoms with van der Waals surface area (Å²) in [6.07, 6.45) is 4.62. The van der Waals surface area contributed by atoms with E-state index in [2.05, 4.69) is 10.3 Å². The molecule has 0 saturated carbocycles. The Balaban J connectivity index is 2.15. The fourth-order valence-corrected chi connectivity index (χ4v) is 2.13. The van der Waals surface area contributed by atoms with Crippen LogP contribution in [-0.2, 0) is 6.42 Å². The van der Waals surface area contributed by atoms with Crippen LogP contribution in [0, 0.1) is 17.5 Å². The maximum atomic E-state index is 13.8. The van der Waals surface area contributed by atoms with Crippen molar-refractivity contribution in [2.45, 2.75) is 18.9 Å². The average Bonchev–Trinajstić information content (AvgIpc) is 2.48. The van der Waals surface area contributed by atoms with Gasteiger partial charge in [-0.2, -0.15) is 0 Å². The largest absolute Gasteiger partial charge is 0.313 e. The van der Waals surface area contributed by atoms with Crippen molar-refractivity contribution in [2.24, 2.45) is 0 Å². The first-order chi connectivity index (χ1) is 9.63. The minimum absolute atomic E-state index is 0.139. The van der Waals surface area contributed by atoms with Gasteiger partial charge in [-0.05, 0) is 43.7 Å². The van der Waals surface area contributed by atoms with Crippen LogP contribution in [0.1, 0.15) is 23.6 Å². The summed E-state index contributed by atoms with van der Waals surface area (Å²) in [5.41, 5.74) is 1.20. The molecule has 0 aliphatic rings. The molecule has 0 aliphatic carbocycles. The molecule has 106 valence electrons. The summed E-state index contributed by atoms with van der Waals surface area (Å²) >= 11 is 0. The van der Waals surface area contributed by atoms with E-state index < -0.39 is 17.5 Å². The molecule has 1 atom stereocenters. The summed E-state index contributed by atoms with van der Waals surface area (Å²) in [5.74, 6) is -3.72. The van der Waals surface area contributed by atoms with E-state index in [-0.39, 0.29) is 11.6 Å². The molecule has 0 amide bonds. The van der Waals surface area contributed by atoms with Gasteiger partial charge in [0, 0.05) is 24.0 Å². The van der Waals surface area contributed by atoms with Crippen LogP contribution in [0.5, 0.6) is 0 Å². The first kappa shape index (κ1) is 14.5. The van der Waals surface area contributed by atoms with Crippen molar-refractivity contribution in [3.05, 3.63) is 65.2 Å². The third kappa shape index (κ3) is 3.17. The van der Waals surface area contributed by atoms with Crippen LogP contribution >= 0.6 is 0 Å². The van der Waals surface area contributed by atoms with Crippen LogP contribution in [0.25, 0.3) is 0 Å². The average molecular weight is 280 g/mol. The van der Waals surface area contributed by atoms with Gasteiger partial charge in [-0.25, -0.2) is 13.2 Å². The van der Waals surface area contributed by atoms with Gasteiger partial charge in [0.15, 0.2) is 17.5 Å². The lowest BCUT2D eigenvalue weighted by Gasteiger charge is -2.17. The van der Waals surface area contributed by atoms with Crippen molar-refractivity contribution in [1.82, 2.24) is 10.3 Å². The molecule has 0 fully saturated rings. The molecule has 0 aliphatic heterocycles. The van der Waals surface area contributed by atoms with E-state index in [4.69, 9.17) is 0 Å². The molecule has 1 aromatic carbocycles. The van der Waals surface area contributed by atoms with Crippen molar-refractivity contribution in [2.75, 3.05) is 7.05 Å². The van der Waals surface area contributed by atoms with Crippen LogP contribution in [0.2, 0.25) is 0 Å². The molecule has 5 heteroatoms. The zero-order valence-corrected chi connectivity index (χ0v) is 11.0. The lowest BCUT2D eigenvalue weighted by molar-refractivity contribution is 0.424. The van der Waals surface area contributed by atoms with Gasteiger partial charge < -0.3 is 5.32 Å². The lowest BCUT2D eigenvalue weighted by Crippen LogP contribution is -2.19. The molecule has 2 aromatic rings. The summed E-state index contributed by atoms with van der Waals surface area (Å²) in [6, 6.07) is 5.59. The second-order valence-electron chi connectivity index (χ2n) is 4.50. The van der Waals surface area contributed by atoms with Crippen LogP contribution in [0.3, 0.4) is 0 Å². The van der Waals surface area contributed by atoms with Gasteiger partial charge >= 0.3 is 0 Å². The van der Waals surface area contributed by atoms with E-state index in [1.807, 2.05) is 12.1 Å². The minimum atomic E-state index is -1.42. The summed E-state index contributed by atoms with van der Waals surface area (Å²) in [5, 5.41) is 2.93. The number of hydrogen-bond donors (Lipinski definition) is 1. The van der Waals surface area contributed by atoms with Gasteiger partial charge in [-0.3, -0.25) is 4.98 Å². The minimum Gasteiger partial charge on any atom is -0.313 e. The van der Waals surface area contributed by atoms with E-state index in [0.717, 1.165) is 11.6 Å². The van der Waals surface area contributed by atoms with Crippen molar-refractivity contribution in [3.8, 4) is 0 Å². The summed E-state index contributed by atoms with van der Waals surface area (Å²) in [7, 11) is 1.66. The maximum absolute atomic E-state index is 13.8. The van der Waals surface area contributed by atoms with E-state index in [0.29, 0.717) is 12.8 Å². The monoisotopic (exact) mass is 280 g/mol. The van der Waals surface area contributed by atoms with Gasteiger partial charge in [0.05, 0.1) is 0 Å². The fraction of sp³-hybridized carbons (Fsp3) is 0.267. The molecule has 2 nitrogen and oxygen atoms in total. The summed E-state index contributed by atoms with van der Waals surface area (Å²) in [6.45, 7) is 0.